The molecule has 0 spiro atoms. The minimum atomic E-state index is -2.03. The summed E-state index contributed by atoms with van der Waals surface area (Å²) >= 11 is 0. The molecule has 9 rings (SSSR count). The van der Waals surface area contributed by atoms with Crippen LogP contribution in [0.5, 0.6) is 0 Å². The lowest BCUT2D eigenvalue weighted by molar-refractivity contribution is -0.172. The van der Waals surface area contributed by atoms with E-state index >= 15 is 4.39 Å². The molecule has 2 aromatic carbocycles. The topological polar surface area (TPSA) is 300 Å². The molecular formula is C60H71FN8O14. The predicted octanol–water partition coefficient (Wildman–Crippen LogP) is 3.37. The average molecular weight is 1150 g/mol. The van der Waals surface area contributed by atoms with Crippen molar-refractivity contribution in [1.29, 1.82) is 0 Å². The van der Waals surface area contributed by atoms with Crippen LogP contribution in [0.2, 0.25) is 0 Å². The summed E-state index contributed by atoms with van der Waals surface area (Å²) < 4.78 is 33.1. The normalized spacial score (nSPS) is 20.8. The maximum atomic E-state index is 15.4. The number of cyclic esters (lactones) is 1. The van der Waals surface area contributed by atoms with Gasteiger partial charge in [-0.3, -0.25) is 48.1 Å². The number of fused-ring (bicyclic) bond motifs is 5. The Hall–Kier alpha value is -7.92. The molecule has 1 saturated carbocycles. The molecule has 0 bridgehead atoms. The van der Waals surface area contributed by atoms with Crippen LogP contribution < -0.4 is 32.1 Å². The second-order valence-electron chi connectivity index (χ2n) is 22.9. The minimum absolute atomic E-state index is 0.0327. The quantitative estimate of drug-likeness (QED) is 0.0223. The van der Waals surface area contributed by atoms with E-state index in [9.17, 15) is 53.1 Å². The van der Waals surface area contributed by atoms with E-state index in [1.54, 1.807) is 50.2 Å². The summed E-state index contributed by atoms with van der Waals surface area (Å²) in [6.07, 6.45) is 3.90. The first kappa shape index (κ1) is 59.7. The van der Waals surface area contributed by atoms with Gasteiger partial charge in [0.2, 0.25) is 35.4 Å². The number of hydrogen-bond donors (Lipinski definition) is 6. The van der Waals surface area contributed by atoms with Gasteiger partial charge in [-0.1, -0.05) is 70.9 Å². The minimum Gasteiger partial charge on any atom is -0.458 e. The number of imide groups is 1. The molecule has 23 heteroatoms. The molecule has 0 radical (unpaired) electrons. The molecule has 1 saturated heterocycles. The number of carbonyl (C=O) groups is 9. The highest BCUT2D eigenvalue weighted by Crippen LogP contribution is 2.47. The Bertz CT molecular complexity index is 3340. The molecule has 2 aromatic heterocycles. The summed E-state index contributed by atoms with van der Waals surface area (Å²) in [5.41, 5.74) is 2.04. The molecule has 2 aliphatic carbocycles. The number of nitrogens with one attached hydrogen (secondary N) is 5. The van der Waals surface area contributed by atoms with Crippen molar-refractivity contribution in [2.75, 3.05) is 33.0 Å². The van der Waals surface area contributed by atoms with Crippen molar-refractivity contribution in [3.8, 4) is 11.4 Å². The number of rotatable bonds is 24. The molecule has 83 heavy (non-hydrogen) atoms. The SMILES string of the molecule is CCC(C)(C)C1CC(=O)N(CCCCCC(=O)NCC(=O)OCC(=O)N[C@@H](Cc2ccccc2)C(=O)NCC(=O)NCOC2CC(C(=O)N[C@H]3CCc4c(C)c(F)cc5nc6c(c3c45)Cn3c-6cc4c(c3=O)COC(=O)[C@]4(O)CC)C2)C1=O. The number of likely N-dealkylation sites (tertiary alicyclic amines) is 1. The fourth-order valence-electron chi connectivity index (χ4n) is 11.8. The number of aryl methyl sites for hydroxylation is 1. The summed E-state index contributed by atoms with van der Waals surface area (Å²) in [5, 5.41) is 25.4. The molecule has 22 nitrogen and oxygen atoms in total. The van der Waals surface area contributed by atoms with Gasteiger partial charge >= 0.3 is 11.9 Å². The van der Waals surface area contributed by atoms with Gasteiger partial charge in [0, 0.05) is 54.3 Å². The van der Waals surface area contributed by atoms with E-state index in [0.717, 1.165) is 17.5 Å². The summed E-state index contributed by atoms with van der Waals surface area (Å²) in [4.78, 5) is 136. The van der Waals surface area contributed by atoms with Crippen molar-refractivity contribution in [2.45, 2.75) is 149 Å². The second-order valence-corrected chi connectivity index (χ2v) is 22.9. The number of carbonyl (C=O) groups excluding carboxylic acids is 9. The van der Waals surface area contributed by atoms with E-state index in [-0.39, 0.29) is 98.4 Å². The van der Waals surface area contributed by atoms with Crippen LogP contribution in [-0.4, -0.2) is 118 Å². The summed E-state index contributed by atoms with van der Waals surface area (Å²) in [6, 6.07) is 10.1. The summed E-state index contributed by atoms with van der Waals surface area (Å²) in [5.74, 6) is -6.00. The van der Waals surface area contributed by atoms with Crippen LogP contribution in [0.15, 0.2) is 47.3 Å². The monoisotopic (exact) mass is 1150 g/mol. The molecular weight excluding hydrogens is 1080 g/mol. The van der Waals surface area contributed by atoms with E-state index in [4.69, 9.17) is 19.2 Å². The fourth-order valence-corrected chi connectivity index (χ4v) is 11.8. The number of halogens is 1. The van der Waals surface area contributed by atoms with E-state index in [1.807, 2.05) is 20.8 Å². The van der Waals surface area contributed by atoms with Crippen LogP contribution in [0.3, 0.4) is 0 Å². The smallest absolute Gasteiger partial charge is 0.343 e. The van der Waals surface area contributed by atoms with Crippen LogP contribution in [-0.2, 0) is 89.0 Å². The molecule has 4 atom stereocenters. The Kier molecular flexibility index (Phi) is 17.9. The van der Waals surface area contributed by atoms with Gasteiger partial charge in [-0.15, -0.1) is 0 Å². The van der Waals surface area contributed by atoms with Gasteiger partial charge in [0.15, 0.2) is 12.2 Å². The average Bonchev–Trinajstić information content (AvgIpc) is 1.91. The second kappa shape index (κ2) is 24.9. The predicted molar refractivity (Wildman–Crippen MR) is 295 cm³/mol. The number of pyridine rings is 2. The Labute approximate surface area is 478 Å². The number of esters is 2. The van der Waals surface area contributed by atoms with Gasteiger partial charge in [0.1, 0.15) is 31.7 Å². The molecule has 3 aliphatic heterocycles. The lowest BCUT2D eigenvalue weighted by Gasteiger charge is -2.36. The molecule has 5 aliphatic rings. The first-order valence-electron chi connectivity index (χ1n) is 28.5. The van der Waals surface area contributed by atoms with E-state index < -0.39 is 90.2 Å². The lowest BCUT2D eigenvalue weighted by Crippen LogP contribution is -2.51. The molecule has 6 N–H and O–H groups in total. The Morgan fingerprint density at radius 1 is 0.928 bits per heavy atom. The molecule has 4 aromatic rings. The van der Waals surface area contributed by atoms with E-state index in [0.29, 0.717) is 83.9 Å². The van der Waals surface area contributed by atoms with Crippen molar-refractivity contribution in [1.82, 2.24) is 41.0 Å². The molecule has 5 heterocycles. The number of aromatic nitrogens is 2. The van der Waals surface area contributed by atoms with Gasteiger partial charge < -0.3 is 50.5 Å². The third-order valence-corrected chi connectivity index (χ3v) is 17.3. The van der Waals surface area contributed by atoms with Gasteiger partial charge in [-0.25, -0.2) is 14.2 Å². The molecule has 442 valence electrons. The van der Waals surface area contributed by atoms with E-state index in [2.05, 4.69) is 26.6 Å². The maximum Gasteiger partial charge on any atom is 0.343 e. The highest BCUT2D eigenvalue weighted by atomic mass is 19.1. The van der Waals surface area contributed by atoms with Gasteiger partial charge in [0.25, 0.3) is 11.5 Å². The van der Waals surface area contributed by atoms with Crippen molar-refractivity contribution in [2.24, 2.45) is 17.3 Å². The summed E-state index contributed by atoms with van der Waals surface area (Å²) in [6.45, 7) is 7.44. The lowest BCUT2D eigenvalue weighted by atomic mass is 9.76. The highest BCUT2D eigenvalue weighted by Gasteiger charge is 2.47. The number of benzene rings is 2. The number of hydrogen-bond acceptors (Lipinski definition) is 15. The van der Waals surface area contributed by atoms with Crippen LogP contribution in [0, 0.1) is 30.0 Å². The Morgan fingerprint density at radius 3 is 2.42 bits per heavy atom. The van der Waals surface area contributed by atoms with Gasteiger partial charge in [-0.2, -0.15) is 0 Å². The van der Waals surface area contributed by atoms with E-state index in [1.165, 1.54) is 15.5 Å². The summed E-state index contributed by atoms with van der Waals surface area (Å²) in [7, 11) is 0. The number of ether oxygens (including phenoxy) is 3. The fraction of sp³-hybridized carbons (Fsp3) is 0.517. The highest BCUT2D eigenvalue weighted by molar-refractivity contribution is 6.04. The molecule has 7 amide bonds. The molecule has 2 fully saturated rings. The third-order valence-electron chi connectivity index (χ3n) is 17.3. The number of aliphatic hydroxyl groups is 1. The van der Waals surface area contributed by atoms with Gasteiger partial charge in [0.05, 0.1) is 53.6 Å². The number of unbranched alkanes of at least 4 members (excludes halogenated alkanes) is 2. The van der Waals surface area contributed by atoms with Crippen LogP contribution in [0.4, 0.5) is 4.39 Å². The number of nitrogens with zero attached hydrogens (tertiary/aromatic N) is 3. The third kappa shape index (κ3) is 12.6. The van der Waals surface area contributed by atoms with Crippen molar-refractivity contribution in [3.05, 3.63) is 97.6 Å². The molecule has 1 unspecified atom stereocenters. The maximum absolute atomic E-state index is 15.4. The zero-order valence-electron chi connectivity index (χ0n) is 47.3. The zero-order chi connectivity index (χ0) is 59.5. The van der Waals surface area contributed by atoms with Crippen molar-refractivity contribution >= 4 is 64.2 Å². The Morgan fingerprint density at radius 2 is 1.69 bits per heavy atom. The number of amides is 7. The Balaban J connectivity index is 0.706. The van der Waals surface area contributed by atoms with Crippen LogP contribution in [0.1, 0.15) is 137 Å². The largest absolute Gasteiger partial charge is 0.458 e. The van der Waals surface area contributed by atoms with Crippen molar-refractivity contribution < 1.29 is 66.9 Å². The standard InChI is InChI=1S/C60H71FN8O14/c1-6-59(4,5)40-24-49(73)68(57(40)78)19-13-9-12-16-46(70)62-27-50(74)81-30-48(72)65-44(20-33-14-10-8-11-15-33)55(76)63-26-47(71)64-31-83-35-21-34(22-35)54(75)67-42-18-17-36-32(3)41(61)25-43-51(36)52(42)37-28-69-45(53(37)66-43)23-39-38(56(69)77)29-82-58(79)60(39,80)7-2/h8,10-11,14-15,23,25,34-35,40,42,44,80H,6-7,9,12-13,16-22,24,26-31H2,1-5H3,(H,62,70)(H,63,76)(H,64,71)(H,65,72)(H,67,75)/t34?,35?,40?,42-,44-,60-/m0/s1. The first-order valence-corrected chi connectivity index (χ1v) is 28.5. The van der Waals surface area contributed by atoms with Crippen molar-refractivity contribution in [3.63, 3.8) is 0 Å². The first-order chi connectivity index (χ1) is 39.6. The van der Waals surface area contributed by atoms with Crippen LogP contribution >= 0.6 is 0 Å². The van der Waals surface area contributed by atoms with Gasteiger partial charge in [-0.05, 0) is 85.6 Å². The van der Waals surface area contributed by atoms with Crippen LogP contribution in [0.25, 0.3) is 22.3 Å². The zero-order valence-corrected chi connectivity index (χ0v) is 47.3.